The van der Waals surface area contributed by atoms with Gasteiger partial charge in [-0.25, -0.2) is 0 Å². The minimum Gasteiger partial charge on any atom is -0.293 e. The van der Waals surface area contributed by atoms with Gasteiger partial charge in [0.25, 0.3) is 0 Å². The highest BCUT2D eigenvalue weighted by Gasteiger charge is 2.05. The van der Waals surface area contributed by atoms with Gasteiger partial charge in [-0.1, -0.05) is 31.7 Å². The number of hydrogen-bond donors (Lipinski definition) is 0. The van der Waals surface area contributed by atoms with Gasteiger partial charge >= 0.3 is 0 Å². The maximum Gasteiger partial charge on any atom is 0.172 e. The van der Waals surface area contributed by atoms with E-state index in [1.807, 2.05) is 17.5 Å². The van der Waals surface area contributed by atoms with Crippen LogP contribution in [0.3, 0.4) is 0 Å². The van der Waals surface area contributed by atoms with Crippen molar-refractivity contribution >= 4 is 17.1 Å². The summed E-state index contributed by atoms with van der Waals surface area (Å²) in [5.74, 6) is 2.96. The lowest BCUT2D eigenvalue weighted by Crippen LogP contribution is -1.95. The Balaban J connectivity index is 1.94. The van der Waals surface area contributed by atoms with Crippen molar-refractivity contribution < 1.29 is 4.79 Å². The molecule has 1 aromatic rings. The fraction of sp³-hybridized carbons (Fsp3) is 0.533. The minimum atomic E-state index is 0.298. The average molecular weight is 248 g/mol. The van der Waals surface area contributed by atoms with Gasteiger partial charge in [-0.2, -0.15) is 0 Å². The molecule has 1 aromatic heterocycles. The third-order valence-corrected chi connectivity index (χ3v) is 3.68. The van der Waals surface area contributed by atoms with Crippen LogP contribution >= 0.6 is 11.3 Å². The molecule has 0 bridgehead atoms. The van der Waals surface area contributed by atoms with Crippen molar-refractivity contribution in [2.24, 2.45) is 0 Å². The first-order valence-corrected chi connectivity index (χ1v) is 7.22. The number of rotatable bonds is 9. The molecule has 0 fully saturated rings. The van der Waals surface area contributed by atoms with Gasteiger partial charge in [0.1, 0.15) is 0 Å². The number of ketones is 1. The second-order valence-corrected chi connectivity index (χ2v) is 5.17. The lowest BCUT2D eigenvalue weighted by Gasteiger charge is -2.00. The maximum atomic E-state index is 11.7. The van der Waals surface area contributed by atoms with Crippen LogP contribution in [0.2, 0.25) is 0 Å². The largest absolute Gasteiger partial charge is 0.293 e. The van der Waals surface area contributed by atoms with Gasteiger partial charge in [0.05, 0.1) is 4.88 Å². The molecule has 17 heavy (non-hydrogen) atoms. The standard InChI is InChI=1S/C15H20OS/c1-2-3-4-5-6-7-8-9-11-14(16)15-12-10-13-17-15/h1,10,12-13H,3-9,11H2. The van der Waals surface area contributed by atoms with Crippen molar-refractivity contribution in [3.05, 3.63) is 22.4 Å². The normalized spacial score (nSPS) is 10.1. The Morgan fingerprint density at radius 3 is 2.53 bits per heavy atom. The SMILES string of the molecule is C#CCCCCCCCCC(=O)c1cccs1. The molecule has 0 aliphatic carbocycles. The average Bonchev–Trinajstić information content (AvgIpc) is 2.86. The van der Waals surface area contributed by atoms with Crippen molar-refractivity contribution in [1.29, 1.82) is 0 Å². The fourth-order valence-corrected chi connectivity index (χ4v) is 2.47. The Morgan fingerprint density at radius 1 is 1.18 bits per heavy atom. The third kappa shape index (κ3) is 6.28. The Labute approximate surface area is 108 Å². The molecule has 0 aliphatic heterocycles. The van der Waals surface area contributed by atoms with Crippen molar-refractivity contribution in [3.8, 4) is 12.3 Å². The van der Waals surface area contributed by atoms with Crippen LogP contribution < -0.4 is 0 Å². The Bertz CT molecular complexity index is 345. The van der Waals surface area contributed by atoms with Crippen LogP contribution in [0, 0.1) is 12.3 Å². The molecule has 0 aliphatic rings. The van der Waals surface area contributed by atoms with Gasteiger partial charge in [-0.3, -0.25) is 4.79 Å². The topological polar surface area (TPSA) is 17.1 Å². The molecule has 0 saturated carbocycles. The van der Waals surface area contributed by atoms with E-state index >= 15 is 0 Å². The number of unbranched alkanes of at least 4 members (excludes halogenated alkanes) is 6. The van der Waals surface area contributed by atoms with Crippen LogP contribution in [-0.4, -0.2) is 5.78 Å². The first-order chi connectivity index (χ1) is 8.34. The lowest BCUT2D eigenvalue weighted by molar-refractivity contribution is 0.0983. The highest BCUT2D eigenvalue weighted by Crippen LogP contribution is 2.14. The molecule has 1 nitrogen and oxygen atoms in total. The van der Waals surface area contributed by atoms with Crippen LogP contribution in [-0.2, 0) is 0 Å². The quantitative estimate of drug-likeness (QED) is 0.352. The molecule has 1 rings (SSSR count). The Kier molecular flexibility index (Phi) is 7.42. The van der Waals surface area contributed by atoms with E-state index in [1.165, 1.54) is 19.3 Å². The number of terminal acetylenes is 1. The summed E-state index contributed by atoms with van der Waals surface area (Å²) in [6, 6.07) is 3.84. The molecule has 0 spiro atoms. The summed E-state index contributed by atoms with van der Waals surface area (Å²) >= 11 is 1.54. The summed E-state index contributed by atoms with van der Waals surface area (Å²) in [7, 11) is 0. The predicted octanol–water partition coefficient (Wildman–Crippen LogP) is 4.68. The van der Waals surface area contributed by atoms with Crippen molar-refractivity contribution in [1.82, 2.24) is 0 Å². The molecule has 92 valence electrons. The van der Waals surface area contributed by atoms with Crippen molar-refractivity contribution in [2.75, 3.05) is 0 Å². The molecule has 0 aromatic carbocycles. The number of carbonyl (C=O) groups is 1. The number of thiophene rings is 1. The monoisotopic (exact) mass is 248 g/mol. The van der Waals surface area contributed by atoms with E-state index in [0.29, 0.717) is 12.2 Å². The molecule has 0 atom stereocenters. The fourth-order valence-electron chi connectivity index (χ4n) is 1.78. The van der Waals surface area contributed by atoms with E-state index in [9.17, 15) is 4.79 Å². The first kappa shape index (κ1) is 14.0. The number of carbonyl (C=O) groups excluding carboxylic acids is 1. The number of hydrogen-bond acceptors (Lipinski definition) is 2. The predicted molar refractivity (Wildman–Crippen MR) is 74.4 cm³/mol. The van der Waals surface area contributed by atoms with Crippen LogP contribution in [0.4, 0.5) is 0 Å². The maximum absolute atomic E-state index is 11.7. The van der Waals surface area contributed by atoms with Gasteiger partial charge in [0.15, 0.2) is 5.78 Å². The van der Waals surface area contributed by atoms with Gasteiger partial charge in [0.2, 0.25) is 0 Å². The zero-order chi connectivity index (χ0) is 12.3. The molecule has 2 heteroatoms. The zero-order valence-corrected chi connectivity index (χ0v) is 11.1. The zero-order valence-electron chi connectivity index (χ0n) is 10.3. The molecule has 0 unspecified atom stereocenters. The Hall–Kier alpha value is -1.07. The van der Waals surface area contributed by atoms with E-state index in [0.717, 1.165) is 30.6 Å². The van der Waals surface area contributed by atoms with Gasteiger partial charge < -0.3 is 0 Å². The third-order valence-electron chi connectivity index (χ3n) is 2.77. The smallest absolute Gasteiger partial charge is 0.172 e. The minimum absolute atomic E-state index is 0.298. The summed E-state index contributed by atoms with van der Waals surface area (Å²) in [5.41, 5.74) is 0. The van der Waals surface area contributed by atoms with E-state index in [1.54, 1.807) is 11.3 Å². The molecule has 0 radical (unpaired) electrons. The summed E-state index contributed by atoms with van der Waals surface area (Å²) in [4.78, 5) is 12.6. The highest BCUT2D eigenvalue weighted by molar-refractivity contribution is 7.12. The molecule has 0 N–H and O–H groups in total. The number of Topliss-reactive ketones (excluding diaryl/α,β-unsaturated/α-hetero) is 1. The van der Waals surface area contributed by atoms with Crippen LogP contribution in [0.1, 0.15) is 61.0 Å². The second kappa shape index (κ2) is 9.01. The summed E-state index contributed by atoms with van der Waals surface area (Å²) in [5, 5.41) is 1.96. The molecular weight excluding hydrogens is 228 g/mol. The van der Waals surface area contributed by atoms with E-state index in [2.05, 4.69) is 5.92 Å². The summed E-state index contributed by atoms with van der Waals surface area (Å²) in [6.07, 6.45) is 13.8. The summed E-state index contributed by atoms with van der Waals surface area (Å²) in [6.45, 7) is 0. The molecule has 0 amide bonds. The molecule has 0 saturated heterocycles. The van der Waals surface area contributed by atoms with E-state index < -0.39 is 0 Å². The molecular formula is C15H20OS. The first-order valence-electron chi connectivity index (χ1n) is 6.35. The van der Waals surface area contributed by atoms with Crippen molar-refractivity contribution in [2.45, 2.75) is 51.4 Å². The van der Waals surface area contributed by atoms with Crippen LogP contribution in [0.5, 0.6) is 0 Å². The van der Waals surface area contributed by atoms with Gasteiger partial charge in [-0.15, -0.1) is 23.7 Å². The van der Waals surface area contributed by atoms with Crippen molar-refractivity contribution in [3.63, 3.8) is 0 Å². The van der Waals surface area contributed by atoms with Gasteiger partial charge in [0, 0.05) is 12.8 Å². The Morgan fingerprint density at radius 2 is 1.88 bits per heavy atom. The second-order valence-electron chi connectivity index (χ2n) is 4.23. The van der Waals surface area contributed by atoms with E-state index in [4.69, 9.17) is 6.42 Å². The van der Waals surface area contributed by atoms with E-state index in [-0.39, 0.29) is 0 Å². The lowest BCUT2D eigenvalue weighted by atomic mass is 10.1. The van der Waals surface area contributed by atoms with Crippen LogP contribution in [0.15, 0.2) is 17.5 Å². The summed E-state index contributed by atoms with van der Waals surface area (Å²) < 4.78 is 0. The molecule has 1 heterocycles. The van der Waals surface area contributed by atoms with Gasteiger partial charge in [-0.05, 0) is 24.3 Å². The highest BCUT2D eigenvalue weighted by atomic mass is 32.1. The van der Waals surface area contributed by atoms with Crippen LogP contribution in [0.25, 0.3) is 0 Å².